The molecule has 2 saturated heterocycles. The summed E-state index contributed by atoms with van der Waals surface area (Å²) in [6, 6.07) is 8.23. The van der Waals surface area contributed by atoms with Gasteiger partial charge in [0.05, 0.1) is 12.2 Å². The number of ether oxygens (including phenoxy) is 1. The van der Waals surface area contributed by atoms with Crippen molar-refractivity contribution in [1.82, 2.24) is 5.32 Å². The third-order valence-electron chi connectivity index (χ3n) is 4.24. The van der Waals surface area contributed by atoms with Gasteiger partial charge in [-0.3, -0.25) is 0 Å². The Labute approximate surface area is 114 Å². The quantitative estimate of drug-likeness (QED) is 0.888. The summed E-state index contributed by atoms with van der Waals surface area (Å²) in [5.74, 6) is 0.671. The Morgan fingerprint density at radius 1 is 1.22 bits per heavy atom. The van der Waals surface area contributed by atoms with Crippen molar-refractivity contribution in [3.05, 3.63) is 34.9 Å². The number of benzene rings is 1. The second kappa shape index (κ2) is 5.20. The number of nitrogens with one attached hydrogen (secondary N) is 1. The van der Waals surface area contributed by atoms with E-state index in [2.05, 4.69) is 17.4 Å². The first-order valence-corrected chi connectivity index (χ1v) is 7.23. The highest BCUT2D eigenvalue weighted by atomic mass is 35.5. The molecule has 2 fully saturated rings. The van der Waals surface area contributed by atoms with Crippen molar-refractivity contribution in [1.29, 1.82) is 0 Å². The van der Waals surface area contributed by atoms with E-state index in [1.54, 1.807) is 0 Å². The van der Waals surface area contributed by atoms with Crippen molar-refractivity contribution in [2.24, 2.45) is 5.92 Å². The minimum atomic E-state index is 0.183. The lowest BCUT2D eigenvalue weighted by Gasteiger charge is -2.33. The van der Waals surface area contributed by atoms with Gasteiger partial charge in [0, 0.05) is 5.02 Å². The molecule has 1 N–H and O–H groups in total. The van der Waals surface area contributed by atoms with Crippen LogP contribution in [0.3, 0.4) is 0 Å². The molecule has 0 bridgehead atoms. The summed E-state index contributed by atoms with van der Waals surface area (Å²) in [6.07, 6.45) is 4.68. The second-order valence-electron chi connectivity index (χ2n) is 5.64. The van der Waals surface area contributed by atoms with E-state index in [0.29, 0.717) is 5.92 Å². The van der Waals surface area contributed by atoms with Gasteiger partial charge in [0.15, 0.2) is 0 Å². The van der Waals surface area contributed by atoms with Gasteiger partial charge >= 0.3 is 0 Å². The fraction of sp³-hybridized carbons (Fsp3) is 0.600. The van der Waals surface area contributed by atoms with Crippen molar-refractivity contribution in [3.8, 4) is 0 Å². The zero-order valence-electron chi connectivity index (χ0n) is 10.6. The third kappa shape index (κ3) is 2.71. The fourth-order valence-electron chi connectivity index (χ4n) is 3.25. The summed E-state index contributed by atoms with van der Waals surface area (Å²) >= 11 is 5.91. The van der Waals surface area contributed by atoms with Crippen LogP contribution in [-0.2, 0) is 11.2 Å². The highest BCUT2D eigenvalue weighted by molar-refractivity contribution is 6.30. The van der Waals surface area contributed by atoms with Gasteiger partial charge < -0.3 is 10.1 Å². The summed E-state index contributed by atoms with van der Waals surface area (Å²) in [6.45, 7) is 3.13. The van der Waals surface area contributed by atoms with E-state index in [0.717, 1.165) is 31.1 Å². The van der Waals surface area contributed by atoms with Crippen LogP contribution in [0.1, 0.15) is 24.8 Å². The van der Waals surface area contributed by atoms with Gasteiger partial charge in [-0.1, -0.05) is 23.7 Å². The summed E-state index contributed by atoms with van der Waals surface area (Å²) in [4.78, 5) is 0. The molecule has 18 heavy (non-hydrogen) atoms. The molecule has 0 aromatic heterocycles. The van der Waals surface area contributed by atoms with E-state index >= 15 is 0 Å². The maximum atomic E-state index is 6.12. The maximum Gasteiger partial charge on any atom is 0.0710 e. The summed E-state index contributed by atoms with van der Waals surface area (Å²) in [5, 5.41) is 4.23. The van der Waals surface area contributed by atoms with Gasteiger partial charge in [0.2, 0.25) is 0 Å². The molecule has 0 saturated carbocycles. The molecule has 2 aliphatic rings. The van der Waals surface area contributed by atoms with E-state index in [-0.39, 0.29) is 5.60 Å². The van der Waals surface area contributed by atoms with E-state index < -0.39 is 0 Å². The van der Waals surface area contributed by atoms with Crippen molar-refractivity contribution in [2.75, 3.05) is 19.7 Å². The Bertz CT molecular complexity index is 397. The van der Waals surface area contributed by atoms with E-state index in [1.807, 2.05) is 12.1 Å². The molecule has 3 heteroatoms. The first-order chi connectivity index (χ1) is 8.76. The van der Waals surface area contributed by atoms with Crippen LogP contribution in [0.15, 0.2) is 24.3 Å². The number of piperidine rings is 1. The first-order valence-electron chi connectivity index (χ1n) is 6.85. The van der Waals surface area contributed by atoms with E-state index in [9.17, 15) is 0 Å². The van der Waals surface area contributed by atoms with Crippen molar-refractivity contribution >= 4 is 11.6 Å². The molecule has 1 spiro atoms. The molecule has 1 aromatic rings. The van der Waals surface area contributed by atoms with Crippen LogP contribution in [0.5, 0.6) is 0 Å². The molecule has 98 valence electrons. The van der Waals surface area contributed by atoms with Crippen LogP contribution < -0.4 is 5.32 Å². The fourth-order valence-corrected chi connectivity index (χ4v) is 3.38. The molecule has 2 heterocycles. The smallest absolute Gasteiger partial charge is 0.0710 e. The Hall–Kier alpha value is -0.570. The summed E-state index contributed by atoms with van der Waals surface area (Å²) < 4.78 is 6.12. The van der Waals surface area contributed by atoms with Gasteiger partial charge in [0.1, 0.15) is 0 Å². The highest BCUT2D eigenvalue weighted by Gasteiger charge is 2.40. The van der Waals surface area contributed by atoms with Crippen LogP contribution in [0, 0.1) is 5.92 Å². The Morgan fingerprint density at radius 2 is 1.94 bits per heavy atom. The normalized spacial score (nSPS) is 26.6. The molecule has 3 rings (SSSR count). The largest absolute Gasteiger partial charge is 0.375 e. The van der Waals surface area contributed by atoms with Crippen molar-refractivity contribution < 1.29 is 4.74 Å². The molecular weight excluding hydrogens is 246 g/mol. The molecular formula is C15H20ClNO. The zero-order valence-corrected chi connectivity index (χ0v) is 11.4. The molecule has 2 aliphatic heterocycles. The lowest BCUT2D eigenvalue weighted by atomic mass is 9.84. The number of halogens is 1. The van der Waals surface area contributed by atoms with Gasteiger partial charge in [-0.2, -0.15) is 0 Å². The monoisotopic (exact) mass is 265 g/mol. The molecule has 0 aliphatic carbocycles. The van der Waals surface area contributed by atoms with Crippen LogP contribution in [0.25, 0.3) is 0 Å². The first kappa shape index (κ1) is 12.5. The lowest BCUT2D eigenvalue weighted by Crippen LogP contribution is -2.41. The van der Waals surface area contributed by atoms with Crippen molar-refractivity contribution in [2.45, 2.75) is 31.3 Å². The lowest BCUT2D eigenvalue weighted by molar-refractivity contribution is -0.0196. The maximum absolute atomic E-state index is 6.12. The average molecular weight is 266 g/mol. The summed E-state index contributed by atoms with van der Waals surface area (Å²) in [5.41, 5.74) is 1.56. The number of rotatable bonds is 2. The van der Waals surface area contributed by atoms with Crippen molar-refractivity contribution in [3.63, 3.8) is 0 Å². The number of hydrogen-bond donors (Lipinski definition) is 1. The highest BCUT2D eigenvalue weighted by Crippen LogP contribution is 2.38. The third-order valence-corrected chi connectivity index (χ3v) is 4.49. The topological polar surface area (TPSA) is 21.3 Å². The predicted octanol–water partition coefficient (Wildman–Crippen LogP) is 3.04. The molecule has 1 atom stereocenters. The van der Waals surface area contributed by atoms with Crippen LogP contribution in [0.2, 0.25) is 5.02 Å². The van der Waals surface area contributed by atoms with E-state index in [4.69, 9.17) is 16.3 Å². The molecule has 1 aromatic carbocycles. The molecule has 2 nitrogen and oxygen atoms in total. The summed E-state index contributed by atoms with van der Waals surface area (Å²) in [7, 11) is 0. The minimum absolute atomic E-state index is 0.183. The zero-order chi connectivity index (χ0) is 12.4. The van der Waals surface area contributed by atoms with Gasteiger partial charge in [-0.25, -0.2) is 0 Å². The number of hydrogen-bond acceptors (Lipinski definition) is 2. The standard InChI is InChI=1S/C15H20ClNO/c16-14-3-1-12(2-4-14)9-13-10-15(18-11-13)5-7-17-8-6-15/h1-4,13,17H,5-11H2. The Kier molecular flexibility index (Phi) is 3.60. The van der Waals surface area contributed by atoms with Gasteiger partial charge in [0.25, 0.3) is 0 Å². The molecule has 0 amide bonds. The van der Waals surface area contributed by atoms with Gasteiger partial charge in [-0.05, 0) is 62.4 Å². The average Bonchev–Trinajstić information content (AvgIpc) is 2.76. The second-order valence-corrected chi connectivity index (χ2v) is 6.08. The van der Waals surface area contributed by atoms with Crippen LogP contribution in [-0.4, -0.2) is 25.3 Å². The minimum Gasteiger partial charge on any atom is -0.375 e. The molecule has 0 radical (unpaired) electrons. The van der Waals surface area contributed by atoms with Crippen LogP contribution in [0.4, 0.5) is 0 Å². The predicted molar refractivity (Wildman–Crippen MR) is 74.0 cm³/mol. The van der Waals surface area contributed by atoms with E-state index in [1.165, 1.54) is 24.8 Å². The Balaban J connectivity index is 1.60. The Morgan fingerprint density at radius 3 is 2.67 bits per heavy atom. The SMILES string of the molecule is Clc1ccc(CC2COC3(CCNCC3)C2)cc1. The molecule has 1 unspecified atom stereocenters. The van der Waals surface area contributed by atoms with Gasteiger partial charge in [-0.15, -0.1) is 0 Å². The van der Waals surface area contributed by atoms with Crippen LogP contribution >= 0.6 is 11.6 Å².